The van der Waals surface area contributed by atoms with Gasteiger partial charge in [-0.1, -0.05) is 69.5 Å². The predicted molar refractivity (Wildman–Crippen MR) is 83.0 cm³/mol. The van der Waals surface area contributed by atoms with Crippen LogP contribution in [0.5, 0.6) is 0 Å². The molecule has 0 saturated heterocycles. The molecule has 0 nitrogen and oxygen atoms in total. The SMILES string of the molecule is Cc1cccc(C(Br)Cc2ccc(Cl)cc2)c1Cl. The van der Waals surface area contributed by atoms with Crippen LogP contribution < -0.4 is 0 Å². The second-order valence-electron chi connectivity index (χ2n) is 4.28. The van der Waals surface area contributed by atoms with E-state index in [1.165, 1.54) is 5.56 Å². The number of alkyl halides is 1. The van der Waals surface area contributed by atoms with Crippen LogP contribution in [0.25, 0.3) is 0 Å². The van der Waals surface area contributed by atoms with Crippen LogP contribution in [0.3, 0.4) is 0 Å². The molecule has 3 heteroatoms. The molecule has 0 amide bonds. The van der Waals surface area contributed by atoms with E-state index in [-0.39, 0.29) is 4.83 Å². The number of rotatable bonds is 3. The second kappa shape index (κ2) is 6.10. The summed E-state index contributed by atoms with van der Waals surface area (Å²) in [6.07, 6.45) is 0.889. The van der Waals surface area contributed by atoms with Gasteiger partial charge in [0.15, 0.2) is 0 Å². The lowest BCUT2D eigenvalue weighted by molar-refractivity contribution is 0.947. The molecule has 2 rings (SSSR count). The average Bonchev–Trinajstić information content (AvgIpc) is 2.35. The van der Waals surface area contributed by atoms with Crippen LogP contribution in [-0.4, -0.2) is 0 Å². The summed E-state index contributed by atoms with van der Waals surface area (Å²) >= 11 is 15.9. The van der Waals surface area contributed by atoms with E-state index in [2.05, 4.69) is 22.0 Å². The molecule has 0 aliphatic rings. The van der Waals surface area contributed by atoms with Crippen molar-refractivity contribution < 1.29 is 0 Å². The fourth-order valence-electron chi connectivity index (χ4n) is 1.85. The van der Waals surface area contributed by atoms with Crippen LogP contribution in [0, 0.1) is 6.92 Å². The van der Waals surface area contributed by atoms with Gasteiger partial charge >= 0.3 is 0 Å². The van der Waals surface area contributed by atoms with Crippen LogP contribution in [-0.2, 0) is 6.42 Å². The Morgan fingerprint density at radius 3 is 2.39 bits per heavy atom. The highest BCUT2D eigenvalue weighted by Gasteiger charge is 2.13. The molecule has 0 fully saturated rings. The van der Waals surface area contributed by atoms with Gasteiger partial charge in [-0.25, -0.2) is 0 Å². The molecule has 0 aliphatic heterocycles. The molecule has 0 heterocycles. The zero-order chi connectivity index (χ0) is 13.1. The zero-order valence-corrected chi connectivity index (χ0v) is 13.1. The number of hydrogen-bond donors (Lipinski definition) is 0. The summed E-state index contributed by atoms with van der Waals surface area (Å²) in [5.41, 5.74) is 3.47. The lowest BCUT2D eigenvalue weighted by Gasteiger charge is -2.13. The van der Waals surface area contributed by atoms with Crippen molar-refractivity contribution in [1.29, 1.82) is 0 Å². The minimum atomic E-state index is 0.214. The van der Waals surface area contributed by atoms with Crippen LogP contribution in [0.1, 0.15) is 21.5 Å². The van der Waals surface area contributed by atoms with E-state index in [4.69, 9.17) is 23.2 Å². The Morgan fingerprint density at radius 1 is 1.06 bits per heavy atom. The molecule has 0 aliphatic carbocycles. The minimum Gasteiger partial charge on any atom is -0.0843 e. The summed E-state index contributed by atoms with van der Waals surface area (Å²) in [5.74, 6) is 0. The average molecular weight is 344 g/mol. The molecular weight excluding hydrogens is 331 g/mol. The molecule has 0 radical (unpaired) electrons. The Labute approximate surface area is 126 Å². The summed E-state index contributed by atoms with van der Waals surface area (Å²) in [4.78, 5) is 0.214. The quantitative estimate of drug-likeness (QED) is 0.601. The largest absolute Gasteiger partial charge is 0.0843 e. The summed E-state index contributed by atoms with van der Waals surface area (Å²) < 4.78 is 0. The molecular formula is C15H13BrCl2. The summed E-state index contributed by atoms with van der Waals surface area (Å²) in [6, 6.07) is 14.0. The first-order valence-corrected chi connectivity index (χ1v) is 7.38. The van der Waals surface area contributed by atoms with E-state index >= 15 is 0 Å². The maximum absolute atomic E-state index is 6.33. The molecule has 0 saturated carbocycles. The molecule has 1 unspecified atom stereocenters. The van der Waals surface area contributed by atoms with E-state index in [1.54, 1.807) is 0 Å². The Hall–Kier alpha value is -0.500. The van der Waals surface area contributed by atoms with Gasteiger partial charge in [-0.2, -0.15) is 0 Å². The van der Waals surface area contributed by atoms with Crippen LogP contribution >= 0.6 is 39.1 Å². The summed E-state index contributed by atoms with van der Waals surface area (Å²) in [7, 11) is 0. The molecule has 0 aromatic heterocycles. The Kier molecular flexibility index (Phi) is 4.71. The highest BCUT2D eigenvalue weighted by Crippen LogP contribution is 2.34. The smallest absolute Gasteiger partial charge is 0.0478 e. The van der Waals surface area contributed by atoms with Crippen molar-refractivity contribution in [1.82, 2.24) is 0 Å². The van der Waals surface area contributed by atoms with Gasteiger partial charge < -0.3 is 0 Å². The Bertz CT molecular complexity index is 535. The molecule has 18 heavy (non-hydrogen) atoms. The highest BCUT2D eigenvalue weighted by atomic mass is 79.9. The summed E-state index contributed by atoms with van der Waals surface area (Å²) in [6.45, 7) is 2.02. The van der Waals surface area contributed by atoms with E-state index in [1.807, 2.05) is 43.3 Å². The van der Waals surface area contributed by atoms with Crippen LogP contribution in [0.4, 0.5) is 0 Å². The van der Waals surface area contributed by atoms with Gasteiger partial charge in [-0.3, -0.25) is 0 Å². The normalized spacial score (nSPS) is 12.4. The molecule has 2 aromatic rings. The van der Waals surface area contributed by atoms with Crippen molar-refractivity contribution in [2.45, 2.75) is 18.2 Å². The van der Waals surface area contributed by atoms with Gasteiger partial charge in [-0.05, 0) is 42.2 Å². The van der Waals surface area contributed by atoms with E-state index in [9.17, 15) is 0 Å². The first kappa shape index (κ1) is 13.9. The van der Waals surface area contributed by atoms with Crippen LogP contribution in [0.15, 0.2) is 42.5 Å². The van der Waals surface area contributed by atoms with E-state index in [0.717, 1.165) is 27.6 Å². The molecule has 0 bridgehead atoms. The number of aryl methyl sites for hydroxylation is 1. The van der Waals surface area contributed by atoms with E-state index < -0.39 is 0 Å². The summed E-state index contributed by atoms with van der Waals surface area (Å²) in [5, 5.41) is 1.60. The Balaban J connectivity index is 2.19. The predicted octanol–water partition coefficient (Wildman–Crippen LogP) is 5.98. The van der Waals surface area contributed by atoms with Gasteiger partial charge in [0.25, 0.3) is 0 Å². The van der Waals surface area contributed by atoms with Crippen molar-refractivity contribution in [3.63, 3.8) is 0 Å². The van der Waals surface area contributed by atoms with Gasteiger partial charge in [0.2, 0.25) is 0 Å². The lowest BCUT2D eigenvalue weighted by Crippen LogP contribution is -1.97. The fraction of sp³-hybridized carbons (Fsp3) is 0.200. The second-order valence-corrected chi connectivity index (χ2v) is 6.20. The number of hydrogen-bond acceptors (Lipinski definition) is 0. The van der Waals surface area contributed by atoms with Gasteiger partial charge in [0, 0.05) is 14.9 Å². The standard InChI is InChI=1S/C15H13BrCl2/c1-10-3-2-4-13(15(10)18)14(16)9-11-5-7-12(17)8-6-11/h2-8,14H,9H2,1H3. The number of benzene rings is 2. The first-order valence-electron chi connectivity index (χ1n) is 5.71. The monoisotopic (exact) mass is 342 g/mol. The number of halogens is 3. The van der Waals surface area contributed by atoms with Crippen molar-refractivity contribution in [2.24, 2.45) is 0 Å². The Morgan fingerprint density at radius 2 is 1.72 bits per heavy atom. The third-order valence-electron chi connectivity index (χ3n) is 2.89. The topological polar surface area (TPSA) is 0 Å². The fourth-order valence-corrected chi connectivity index (χ4v) is 3.12. The van der Waals surface area contributed by atoms with Crippen molar-refractivity contribution in [3.05, 3.63) is 69.2 Å². The maximum atomic E-state index is 6.33. The third-order valence-corrected chi connectivity index (χ3v) is 4.47. The maximum Gasteiger partial charge on any atom is 0.0478 e. The third kappa shape index (κ3) is 3.28. The minimum absolute atomic E-state index is 0.214. The van der Waals surface area contributed by atoms with Gasteiger partial charge in [-0.15, -0.1) is 0 Å². The molecule has 1 atom stereocenters. The highest BCUT2D eigenvalue weighted by molar-refractivity contribution is 9.09. The van der Waals surface area contributed by atoms with Gasteiger partial charge in [0.05, 0.1) is 0 Å². The van der Waals surface area contributed by atoms with Crippen molar-refractivity contribution in [2.75, 3.05) is 0 Å². The van der Waals surface area contributed by atoms with Gasteiger partial charge in [0.1, 0.15) is 0 Å². The molecule has 2 aromatic carbocycles. The van der Waals surface area contributed by atoms with Crippen molar-refractivity contribution >= 4 is 39.1 Å². The molecule has 94 valence electrons. The molecule has 0 spiro atoms. The lowest BCUT2D eigenvalue weighted by atomic mass is 10.0. The first-order chi connectivity index (χ1) is 8.58. The van der Waals surface area contributed by atoms with Crippen LogP contribution in [0.2, 0.25) is 10.0 Å². The van der Waals surface area contributed by atoms with E-state index in [0.29, 0.717) is 0 Å². The van der Waals surface area contributed by atoms with Crippen molar-refractivity contribution in [3.8, 4) is 0 Å². The zero-order valence-electron chi connectivity index (χ0n) is 9.96. The molecule has 0 N–H and O–H groups in total.